The van der Waals surface area contributed by atoms with Gasteiger partial charge >= 0.3 is 0 Å². The van der Waals surface area contributed by atoms with Gasteiger partial charge in [0.05, 0.1) is 33.5 Å². The molecule has 6 atom stereocenters. The van der Waals surface area contributed by atoms with Crippen LogP contribution in [0.2, 0.25) is 0 Å². The number of aromatic hydroxyl groups is 2. The van der Waals surface area contributed by atoms with E-state index in [1.807, 2.05) is 90.4 Å². The van der Waals surface area contributed by atoms with Crippen molar-refractivity contribution in [3.05, 3.63) is 85.6 Å². The number of carbonyl (C=O) groups excluding carboxylic acids is 7. The summed E-state index contributed by atoms with van der Waals surface area (Å²) >= 11 is 7.82. The number of likely N-dealkylation sites (tertiary alicyclic amines) is 1. The number of nitrogens with zero attached hydrogens (tertiary/aromatic N) is 1. The number of carbonyl (C=O) groups is 7. The summed E-state index contributed by atoms with van der Waals surface area (Å²) < 4.78 is 2.18. The van der Waals surface area contributed by atoms with Crippen LogP contribution in [-0.2, 0) is 52.8 Å². The molecule has 4 rings (SSSR count). The third kappa shape index (κ3) is 14.5. The maximum Gasteiger partial charge on any atom is 0.246 e. The molecule has 12 N–H and O–H groups in total. The van der Waals surface area contributed by atoms with Gasteiger partial charge in [-0.05, 0) is 158 Å². The number of aliphatic hydroxyl groups excluding tert-OH is 1. The van der Waals surface area contributed by atoms with Crippen molar-refractivity contribution in [2.45, 2.75) is 75.3 Å². The molecule has 3 aromatic carbocycles. The Morgan fingerprint density at radius 3 is 1.82 bits per heavy atom. The number of hydrogen-bond donors (Lipinski definition) is 10. The molecule has 62 heavy (non-hydrogen) atoms. The maximum atomic E-state index is 14.2. The molecule has 1 heterocycles. The number of hydrogen-bond acceptors (Lipinski definition) is 11. The van der Waals surface area contributed by atoms with Crippen LogP contribution in [0.15, 0.2) is 54.6 Å². The highest BCUT2D eigenvalue weighted by atomic mass is 127. The number of aliphatic hydroxyl groups is 1. The lowest BCUT2D eigenvalue weighted by Gasteiger charge is -2.29. The van der Waals surface area contributed by atoms with Gasteiger partial charge in [-0.15, -0.1) is 0 Å². The Hall–Kier alpha value is -3.61. The predicted octanol–water partition coefficient (Wildman–Crippen LogP) is 0.415. The molecule has 0 spiro atoms. The first kappa shape index (κ1) is 51.0. The van der Waals surface area contributed by atoms with Crippen molar-refractivity contribution in [3.63, 3.8) is 0 Å². The van der Waals surface area contributed by atoms with E-state index in [-0.39, 0.29) is 43.7 Å². The van der Waals surface area contributed by atoms with Gasteiger partial charge in [-0.3, -0.25) is 33.6 Å². The van der Waals surface area contributed by atoms with E-state index < -0.39 is 90.8 Å². The van der Waals surface area contributed by atoms with E-state index in [0.29, 0.717) is 37.4 Å². The zero-order valence-electron chi connectivity index (χ0n) is 33.1. The van der Waals surface area contributed by atoms with Crippen LogP contribution in [0.3, 0.4) is 0 Å². The zero-order valence-corrected chi connectivity index (χ0v) is 41.8. The second-order valence-corrected chi connectivity index (χ2v) is 19.1. The monoisotopic (exact) mass is 1310 g/mol. The summed E-state index contributed by atoms with van der Waals surface area (Å²) in [6.45, 7) is 0.216. The predicted molar refractivity (Wildman–Crippen MR) is 260 cm³/mol. The number of phenols is 2. The van der Waals surface area contributed by atoms with Gasteiger partial charge in [-0.1, -0.05) is 30.3 Å². The largest absolute Gasteiger partial charge is 0.506 e. The first-order valence-electron chi connectivity index (χ1n) is 19.1. The van der Waals surface area contributed by atoms with Gasteiger partial charge in [-0.25, -0.2) is 0 Å². The molecule has 22 heteroatoms. The minimum Gasteiger partial charge on any atom is -0.506 e. The van der Waals surface area contributed by atoms with E-state index in [4.69, 9.17) is 11.5 Å². The summed E-state index contributed by atoms with van der Waals surface area (Å²) in [7, 11) is 0. The Morgan fingerprint density at radius 2 is 1.27 bits per heavy atom. The molecule has 18 nitrogen and oxygen atoms in total. The molecule has 0 aromatic heterocycles. The molecule has 3 aromatic rings. The molecule has 334 valence electrons. The highest BCUT2D eigenvalue weighted by Crippen LogP contribution is 2.29. The first-order chi connectivity index (χ1) is 29.3. The highest BCUT2D eigenvalue weighted by Gasteiger charge is 2.39. The smallest absolute Gasteiger partial charge is 0.246 e. The lowest BCUT2D eigenvalue weighted by molar-refractivity contribution is -0.142. The summed E-state index contributed by atoms with van der Waals surface area (Å²) in [5.41, 5.74) is 13.4. The number of benzene rings is 3. The zero-order chi connectivity index (χ0) is 45.8. The molecule has 1 aliphatic rings. The Labute approximate surface area is 411 Å². The van der Waals surface area contributed by atoms with Crippen molar-refractivity contribution < 1.29 is 48.9 Å². The van der Waals surface area contributed by atoms with Crippen LogP contribution in [0.4, 0.5) is 0 Å². The number of phenolic OH excluding ortho intramolecular Hbond substituents is 2. The standard InChI is InChI=1S/C40H46I4N8O10/c1-19(48-37(59)27(45)14-21-10-23(41)33(55)24(42)11-21)36(58)50-28(15-20-6-3-2-4-7-20)38(60)47-17-32(54)49-29(16-22-12-25(43)34(56)26(44)13-22)40(62)52-9-5-8-31(52)39(61)51-30(18-53)35(46)57/h2-4,6-7,10-13,19,27-31,53,55-56H,5,8-9,14-18,45H2,1H3,(H2,46,57)(H,47,60)(H,48,59)(H,49,54)(H,50,58)(H,51,61)/t19-,27+,28+,29+,30+,31+/m1/s1. The van der Waals surface area contributed by atoms with E-state index in [9.17, 15) is 48.9 Å². The minimum absolute atomic E-state index is 0.0167. The van der Waals surface area contributed by atoms with E-state index in [0.717, 1.165) is 0 Å². The van der Waals surface area contributed by atoms with Gasteiger partial charge in [0.25, 0.3) is 0 Å². The lowest BCUT2D eigenvalue weighted by Crippen LogP contribution is -2.58. The molecular formula is C40H46I4N8O10. The Kier molecular flexibility index (Phi) is 19.7. The molecule has 7 amide bonds. The highest BCUT2D eigenvalue weighted by molar-refractivity contribution is 14.1. The third-order valence-electron chi connectivity index (χ3n) is 9.79. The average molecular weight is 1310 g/mol. The fourth-order valence-electron chi connectivity index (χ4n) is 6.51. The van der Waals surface area contributed by atoms with Gasteiger partial charge in [0.1, 0.15) is 41.7 Å². The van der Waals surface area contributed by atoms with Crippen LogP contribution >= 0.6 is 90.4 Å². The Morgan fingerprint density at radius 1 is 0.726 bits per heavy atom. The molecule has 0 unspecified atom stereocenters. The van der Waals surface area contributed by atoms with E-state index >= 15 is 0 Å². The van der Waals surface area contributed by atoms with Crippen molar-refractivity contribution in [2.24, 2.45) is 11.5 Å². The number of primary amides is 1. The minimum atomic E-state index is -1.37. The van der Waals surface area contributed by atoms with Gasteiger partial charge in [-0.2, -0.15) is 0 Å². The number of nitrogens with two attached hydrogens (primary N) is 2. The number of rotatable bonds is 19. The normalized spacial score (nSPS) is 15.9. The second-order valence-electron chi connectivity index (χ2n) is 14.5. The van der Waals surface area contributed by atoms with Gasteiger partial charge in [0.2, 0.25) is 41.4 Å². The van der Waals surface area contributed by atoms with E-state index in [2.05, 4.69) is 26.6 Å². The van der Waals surface area contributed by atoms with Gasteiger partial charge in [0, 0.05) is 19.4 Å². The fraction of sp³-hybridized carbons (Fsp3) is 0.375. The summed E-state index contributed by atoms with van der Waals surface area (Å²) in [6, 6.07) is 8.46. The Balaban J connectivity index is 1.46. The molecule has 1 aliphatic heterocycles. The Bertz CT molecular complexity index is 2120. The molecule has 0 radical (unpaired) electrons. The molecule has 1 saturated heterocycles. The van der Waals surface area contributed by atoms with Crippen LogP contribution in [0, 0.1) is 14.3 Å². The topological polar surface area (TPSA) is 296 Å². The summed E-state index contributed by atoms with van der Waals surface area (Å²) in [5.74, 6) is -4.95. The van der Waals surface area contributed by atoms with E-state index in [1.54, 1.807) is 54.6 Å². The van der Waals surface area contributed by atoms with Crippen molar-refractivity contribution in [1.29, 1.82) is 0 Å². The number of halogens is 4. The van der Waals surface area contributed by atoms with Crippen LogP contribution in [0.5, 0.6) is 11.5 Å². The quantitative estimate of drug-likeness (QED) is 0.0734. The molecular weight excluding hydrogens is 1260 g/mol. The average Bonchev–Trinajstić information content (AvgIpc) is 3.72. The van der Waals surface area contributed by atoms with Crippen LogP contribution in [0.1, 0.15) is 36.5 Å². The van der Waals surface area contributed by atoms with Crippen molar-refractivity contribution >= 4 is 132 Å². The van der Waals surface area contributed by atoms with Crippen LogP contribution < -0.4 is 38.1 Å². The maximum absolute atomic E-state index is 14.2. The molecule has 0 aliphatic carbocycles. The molecule has 1 fully saturated rings. The van der Waals surface area contributed by atoms with E-state index in [1.165, 1.54) is 11.8 Å². The van der Waals surface area contributed by atoms with Crippen LogP contribution in [-0.4, -0.2) is 118 Å². The molecule has 0 bridgehead atoms. The third-order valence-corrected chi connectivity index (χ3v) is 13.1. The SMILES string of the molecule is C[C@@H](NC(=O)[C@@H](N)Cc1cc(I)c(O)c(I)c1)C(=O)N[C@@H](Cc1ccccc1)C(=O)NCC(=O)N[C@@H](Cc1cc(I)c(O)c(I)c1)C(=O)N1CCC[C@H]1C(=O)N[C@@H](CO)C(N)=O. The molecule has 0 saturated carbocycles. The van der Waals surface area contributed by atoms with Gasteiger partial charge < -0.3 is 58.3 Å². The summed E-state index contributed by atoms with van der Waals surface area (Å²) in [6.07, 6.45) is 0.747. The van der Waals surface area contributed by atoms with Crippen LogP contribution in [0.25, 0.3) is 0 Å². The van der Waals surface area contributed by atoms with Gasteiger partial charge in [0.15, 0.2) is 0 Å². The lowest BCUT2D eigenvalue weighted by atomic mass is 10.0. The summed E-state index contributed by atoms with van der Waals surface area (Å²) in [4.78, 5) is 94.0. The summed E-state index contributed by atoms with van der Waals surface area (Å²) in [5, 5.41) is 42.7. The van der Waals surface area contributed by atoms with Crippen molar-refractivity contribution in [1.82, 2.24) is 31.5 Å². The fourth-order valence-corrected chi connectivity index (χ4v) is 10.3. The number of nitrogens with one attached hydrogen (secondary N) is 5. The van der Waals surface area contributed by atoms with Crippen molar-refractivity contribution in [2.75, 3.05) is 19.7 Å². The second kappa shape index (κ2) is 23.9. The van der Waals surface area contributed by atoms with Crippen molar-refractivity contribution in [3.8, 4) is 11.5 Å². The number of amides is 7. The first-order valence-corrected chi connectivity index (χ1v) is 23.4.